The number of carbonyl (C=O) groups excluding carboxylic acids is 2. The molecule has 156 valence electrons. The zero-order valence-electron chi connectivity index (χ0n) is 17.9. The second kappa shape index (κ2) is 11.8. The number of benzene rings is 1. The second-order valence-electron chi connectivity index (χ2n) is 7.18. The minimum absolute atomic E-state index is 0.234. The second-order valence-corrected chi connectivity index (χ2v) is 8.52. The van der Waals surface area contributed by atoms with Gasteiger partial charge in [0.05, 0.1) is 7.11 Å². The molecule has 1 aliphatic heterocycles. The lowest BCUT2D eigenvalue weighted by molar-refractivity contribution is -0.134. The number of amides is 1. The van der Waals surface area contributed by atoms with Gasteiger partial charge in [-0.15, -0.1) is 11.8 Å². The molecule has 2 rings (SSSR count). The third-order valence-electron chi connectivity index (χ3n) is 3.91. The number of hydrogen-bond acceptors (Lipinski definition) is 5. The number of rotatable bonds is 4. The van der Waals surface area contributed by atoms with Crippen LogP contribution in [0.3, 0.4) is 0 Å². The molecule has 5 nitrogen and oxygen atoms in total. The summed E-state index contributed by atoms with van der Waals surface area (Å²) in [5, 5.41) is 0.432. The van der Waals surface area contributed by atoms with Crippen molar-refractivity contribution in [1.29, 1.82) is 0 Å². The average Bonchev–Trinajstić information content (AvgIpc) is 2.68. The minimum atomic E-state index is -0.465. The topological polar surface area (TPSA) is 55.8 Å². The third-order valence-corrected chi connectivity index (χ3v) is 5.34. The predicted molar refractivity (Wildman–Crippen MR) is 116 cm³/mol. The van der Waals surface area contributed by atoms with Crippen molar-refractivity contribution in [3.05, 3.63) is 35.9 Å². The molecule has 0 spiro atoms. The van der Waals surface area contributed by atoms with Crippen LogP contribution in [-0.4, -0.2) is 48.0 Å². The van der Waals surface area contributed by atoms with Crippen molar-refractivity contribution in [2.75, 3.05) is 20.2 Å². The Balaban J connectivity index is 0.00000190. The van der Waals surface area contributed by atoms with Crippen molar-refractivity contribution in [2.24, 2.45) is 0 Å². The summed E-state index contributed by atoms with van der Waals surface area (Å²) < 4.78 is 10.1. The van der Waals surface area contributed by atoms with Gasteiger partial charge in [-0.1, -0.05) is 32.0 Å². The van der Waals surface area contributed by atoms with E-state index in [2.05, 4.69) is 10.8 Å². The molecule has 0 unspecified atom stereocenters. The Morgan fingerprint density at radius 2 is 1.75 bits per heavy atom. The van der Waals surface area contributed by atoms with Gasteiger partial charge in [0, 0.05) is 29.3 Å². The number of thioether (sulfide) groups is 1. The Labute approximate surface area is 173 Å². The van der Waals surface area contributed by atoms with Crippen molar-refractivity contribution in [3.63, 3.8) is 0 Å². The highest BCUT2D eigenvalue weighted by Gasteiger charge is 2.27. The molecular formula is C22H33NO4S. The molecule has 1 fully saturated rings. The Morgan fingerprint density at radius 3 is 2.32 bits per heavy atom. The number of hydrogen-bond donors (Lipinski definition) is 0. The van der Waals surface area contributed by atoms with Gasteiger partial charge in [-0.25, -0.2) is 9.59 Å². The molecule has 0 bridgehead atoms. The van der Waals surface area contributed by atoms with Crippen molar-refractivity contribution >= 4 is 29.9 Å². The first-order valence-electron chi connectivity index (χ1n) is 9.78. The number of methoxy groups -OCH3 is 1. The minimum Gasteiger partial charge on any atom is -0.466 e. The number of esters is 1. The molecule has 6 heteroatoms. The first-order valence-corrected chi connectivity index (χ1v) is 10.7. The van der Waals surface area contributed by atoms with Crippen molar-refractivity contribution < 1.29 is 19.1 Å². The van der Waals surface area contributed by atoms with Crippen LogP contribution in [0.15, 0.2) is 35.2 Å². The Bertz CT molecular complexity index is 659. The van der Waals surface area contributed by atoms with Gasteiger partial charge in [-0.05, 0) is 51.3 Å². The van der Waals surface area contributed by atoms with Gasteiger partial charge in [0.15, 0.2) is 0 Å². The Kier molecular flexibility index (Phi) is 10.1. The monoisotopic (exact) mass is 407 g/mol. The fraction of sp³-hybridized carbons (Fsp3) is 0.545. The van der Waals surface area contributed by atoms with E-state index in [1.54, 1.807) is 22.7 Å². The zero-order chi connectivity index (χ0) is 21.2. The Hall–Kier alpha value is -1.95. The van der Waals surface area contributed by atoms with Gasteiger partial charge >= 0.3 is 12.1 Å². The molecular weight excluding hydrogens is 374 g/mol. The molecule has 1 heterocycles. The van der Waals surface area contributed by atoms with Gasteiger partial charge < -0.3 is 14.4 Å². The molecule has 1 saturated heterocycles. The average molecular weight is 408 g/mol. The summed E-state index contributed by atoms with van der Waals surface area (Å²) in [6, 6.07) is 7.99. The van der Waals surface area contributed by atoms with Crippen molar-refractivity contribution in [3.8, 4) is 0 Å². The van der Waals surface area contributed by atoms with E-state index < -0.39 is 5.60 Å². The van der Waals surface area contributed by atoms with E-state index in [0.29, 0.717) is 18.3 Å². The maximum atomic E-state index is 12.2. The van der Waals surface area contributed by atoms with Crippen LogP contribution < -0.4 is 0 Å². The molecule has 1 aromatic carbocycles. The summed E-state index contributed by atoms with van der Waals surface area (Å²) in [5.41, 5.74) is 0.533. The summed E-state index contributed by atoms with van der Waals surface area (Å²) in [7, 11) is 1.37. The van der Waals surface area contributed by atoms with Crippen molar-refractivity contribution in [1.82, 2.24) is 4.90 Å². The summed E-state index contributed by atoms with van der Waals surface area (Å²) >= 11 is 1.80. The molecule has 0 N–H and O–H groups in total. The lowest BCUT2D eigenvalue weighted by atomic mass is 10.1. The molecule has 0 radical (unpaired) electrons. The van der Waals surface area contributed by atoms with Crippen LogP contribution in [0.5, 0.6) is 0 Å². The fourth-order valence-electron chi connectivity index (χ4n) is 2.61. The number of likely N-dealkylation sites (tertiary alicyclic amines) is 1. The van der Waals surface area contributed by atoms with Crippen LogP contribution in [0.4, 0.5) is 4.79 Å². The summed E-state index contributed by atoms with van der Waals surface area (Å²) in [4.78, 5) is 26.4. The maximum absolute atomic E-state index is 12.2. The smallest absolute Gasteiger partial charge is 0.410 e. The van der Waals surface area contributed by atoms with E-state index >= 15 is 0 Å². The molecule has 0 saturated carbocycles. The molecule has 1 aromatic rings. The standard InChI is InChI=1S/C20H27NO4S.C2H6/c1-20(2,3)25-19(23)21-13-11-16(12-14-21)26-17-8-6-5-7-15(17)9-10-18(22)24-4;1-2/h5-10,16H,11-14H2,1-4H3;1-2H3/b10-9+;. The maximum Gasteiger partial charge on any atom is 0.410 e. The van der Waals surface area contributed by atoms with Crippen LogP contribution in [-0.2, 0) is 14.3 Å². The zero-order valence-corrected chi connectivity index (χ0v) is 18.7. The SMILES string of the molecule is CC.COC(=O)/C=C/c1ccccc1SC1CCN(C(=O)OC(C)(C)C)CC1. The highest BCUT2D eigenvalue weighted by Crippen LogP contribution is 2.33. The third kappa shape index (κ3) is 8.38. The van der Waals surface area contributed by atoms with Gasteiger partial charge in [0.2, 0.25) is 0 Å². The summed E-state index contributed by atoms with van der Waals surface area (Å²) in [6.07, 6.45) is 4.81. The number of piperidine rings is 1. The highest BCUT2D eigenvalue weighted by atomic mass is 32.2. The van der Waals surface area contributed by atoms with Gasteiger partial charge in [0.25, 0.3) is 0 Å². The lowest BCUT2D eigenvalue weighted by Crippen LogP contribution is -2.42. The number of carbonyl (C=O) groups is 2. The van der Waals surface area contributed by atoms with E-state index in [4.69, 9.17) is 4.74 Å². The fourth-order valence-corrected chi connectivity index (χ4v) is 3.85. The number of nitrogens with zero attached hydrogens (tertiary/aromatic N) is 1. The molecule has 0 atom stereocenters. The van der Waals surface area contributed by atoms with Crippen molar-refractivity contribution in [2.45, 2.75) is 63.2 Å². The largest absolute Gasteiger partial charge is 0.466 e. The highest BCUT2D eigenvalue weighted by molar-refractivity contribution is 8.00. The van der Waals surface area contributed by atoms with E-state index in [-0.39, 0.29) is 12.1 Å². The van der Waals surface area contributed by atoms with Crippen LogP contribution in [0, 0.1) is 0 Å². The van der Waals surface area contributed by atoms with E-state index in [1.807, 2.05) is 52.8 Å². The van der Waals surface area contributed by atoms with Crippen LogP contribution in [0.2, 0.25) is 0 Å². The van der Waals surface area contributed by atoms with Gasteiger partial charge in [-0.3, -0.25) is 0 Å². The van der Waals surface area contributed by atoms with Crippen LogP contribution >= 0.6 is 11.8 Å². The molecule has 28 heavy (non-hydrogen) atoms. The first kappa shape index (κ1) is 24.1. The lowest BCUT2D eigenvalue weighted by Gasteiger charge is -2.33. The Morgan fingerprint density at radius 1 is 1.14 bits per heavy atom. The summed E-state index contributed by atoms with van der Waals surface area (Å²) in [5.74, 6) is -0.365. The van der Waals surface area contributed by atoms with E-state index in [9.17, 15) is 9.59 Å². The van der Waals surface area contributed by atoms with Gasteiger partial charge in [0.1, 0.15) is 5.60 Å². The molecule has 0 aliphatic carbocycles. The molecule has 1 amide bonds. The van der Waals surface area contributed by atoms with Crippen LogP contribution in [0.1, 0.15) is 53.0 Å². The van der Waals surface area contributed by atoms with E-state index in [0.717, 1.165) is 23.3 Å². The number of ether oxygens (including phenoxy) is 2. The summed E-state index contributed by atoms with van der Waals surface area (Å²) in [6.45, 7) is 11.0. The molecule has 0 aromatic heterocycles. The predicted octanol–water partition coefficient (Wildman–Crippen LogP) is 5.39. The quantitative estimate of drug-likeness (QED) is 0.495. The first-order chi connectivity index (χ1) is 13.3. The van der Waals surface area contributed by atoms with E-state index in [1.165, 1.54) is 13.2 Å². The van der Waals surface area contributed by atoms with Crippen LogP contribution in [0.25, 0.3) is 6.08 Å². The normalized spacial score (nSPS) is 15.0. The van der Waals surface area contributed by atoms with Gasteiger partial charge in [-0.2, -0.15) is 0 Å². The molecule has 1 aliphatic rings.